The van der Waals surface area contributed by atoms with Crippen LogP contribution >= 0.6 is 0 Å². The van der Waals surface area contributed by atoms with Crippen molar-refractivity contribution >= 4 is 22.3 Å². The van der Waals surface area contributed by atoms with Gasteiger partial charge in [-0.15, -0.1) is 0 Å². The number of carbonyl (C=O) groups is 1. The van der Waals surface area contributed by atoms with Gasteiger partial charge in [0.2, 0.25) is 0 Å². The third-order valence-corrected chi connectivity index (χ3v) is 6.81. The first-order valence-electron chi connectivity index (χ1n) is 10.4. The Bertz CT molecular complexity index is 1140. The van der Waals surface area contributed by atoms with Gasteiger partial charge in [-0.25, -0.2) is 9.36 Å². The molecular weight excluding hydrogens is 352 g/mol. The summed E-state index contributed by atoms with van der Waals surface area (Å²) in [7, 11) is 0. The molecule has 1 atom stereocenters. The van der Waals surface area contributed by atoms with Gasteiger partial charge in [-0.3, -0.25) is 14.4 Å². The molecule has 1 fully saturated rings. The van der Waals surface area contributed by atoms with E-state index < -0.39 is 0 Å². The summed E-state index contributed by atoms with van der Waals surface area (Å²) in [4.78, 5) is 40.2. The van der Waals surface area contributed by atoms with Crippen molar-refractivity contribution in [3.05, 3.63) is 50.5 Å². The van der Waals surface area contributed by atoms with E-state index in [1.807, 2.05) is 0 Å². The average molecular weight is 378 g/mol. The van der Waals surface area contributed by atoms with Gasteiger partial charge in [0.25, 0.3) is 11.1 Å². The van der Waals surface area contributed by atoms with Crippen molar-refractivity contribution in [1.29, 1.82) is 0 Å². The first-order valence-corrected chi connectivity index (χ1v) is 10.4. The number of fused-ring (bicyclic) bond motifs is 3. The number of hydrogen-bond acceptors (Lipinski definition) is 3. The summed E-state index contributed by atoms with van der Waals surface area (Å²) in [6, 6.07) is 6.75. The number of Topliss-reactive ketones (excluding diaryl/α,β-unsaturated/α-hetero) is 1. The maximum atomic E-state index is 13.5. The van der Waals surface area contributed by atoms with Crippen molar-refractivity contribution in [1.82, 2.24) is 9.36 Å². The SMILES string of the molecule is CC1(C)CC(=O)C2=C(C1)n1c(=O)c3ccccc3c(=O)n1C2C1CCCCC1. The van der Waals surface area contributed by atoms with Crippen LogP contribution in [0.15, 0.2) is 39.4 Å². The number of carbonyl (C=O) groups excluding carboxylic acids is 1. The zero-order chi connectivity index (χ0) is 19.6. The number of allylic oxidation sites excluding steroid dienone is 2. The first-order chi connectivity index (χ1) is 13.4. The van der Waals surface area contributed by atoms with E-state index in [9.17, 15) is 14.4 Å². The van der Waals surface area contributed by atoms with Crippen molar-refractivity contribution in [2.45, 2.75) is 64.8 Å². The van der Waals surface area contributed by atoms with Crippen LogP contribution in [0.3, 0.4) is 0 Å². The molecular formula is C23H26N2O3. The number of nitrogens with zero attached hydrogens (tertiary/aromatic N) is 2. The van der Waals surface area contributed by atoms with E-state index in [0.717, 1.165) is 37.0 Å². The van der Waals surface area contributed by atoms with Gasteiger partial charge in [0, 0.05) is 12.0 Å². The van der Waals surface area contributed by atoms with Crippen LogP contribution in [0.25, 0.3) is 16.5 Å². The average Bonchev–Trinajstić information content (AvgIpc) is 3.01. The summed E-state index contributed by atoms with van der Waals surface area (Å²) in [5.41, 5.74) is 0.978. The molecule has 1 aromatic heterocycles. The molecule has 146 valence electrons. The minimum atomic E-state index is -0.288. The Morgan fingerprint density at radius 1 is 0.893 bits per heavy atom. The molecule has 5 rings (SSSR count). The molecule has 2 aromatic rings. The molecule has 0 spiro atoms. The summed E-state index contributed by atoms with van der Waals surface area (Å²) in [5.74, 6) is 0.358. The van der Waals surface area contributed by atoms with Gasteiger partial charge >= 0.3 is 0 Å². The van der Waals surface area contributed by atoms with E-state index in [-0.39, 0.29) is 34.3 Å². The van der Waals surface area contributed by atoms with Gasteiger partial charge in [0.1, 0.15) is 0 Å². The van der Waals surface area contributed by atoms with E-state index in [4.69, 9.17) is 0 Å². The Hall–Kier alpha value is -2.43. The second-order valence-electron chi connectivity index (χ2n) is 9.46. The van der Waals surface area contributed by atoms with Crippen LogP contribution in [0, 0.1) is 11.3 Å². The predicted octanol–water partition coefficient (Wildman–Crippen LogP) is 3.90. The molecule has 1 aliphatic heterocycles. The van der Waals surface area contributed by atoms with Crippen LogP contribution in [0.5, 0.6) is 0 Å². The molecule has 0 N–H and O–H groups in total. The van der Waals surface area contributed by atoms with E-state index in [0.29, 0.717) is 23.6 Å². The van der Waals surface area contributed by atoms with Gasteiger partial charge in [-0.2, -0.15) is 0 Å². The normalized spacial score (nSPS) is 24.5. The van der Waals surface area contributed by atoms with Gasteiger partial charge < -0.3 is 0 Å². The summed E-state index contributed by atoms with van der Waals surface area (Å²) >= 11 is 0. The van der Waals surface area contributed by atoms with Crippen LogP contribution in [-0.4, -0.2) is 15.1 Å². The third-order valence-electron chi connectivity index (χ3n) is 6.81. The Balaban J connectivity index is 1.85. The fraction of sp³-hybridized carbons (Fsp3) is 0.522. The lowest BCUT2D eigenvalue weighted by atomic mass is 9.71. The van der Waals surface area contributed by atoms with Crippen LogP contribution in [0.4, 0.5) is 0 Å². The van der Waals surface area contributed by atoms with Crippen molar-refractivity contribution < 1.29 is 4.79 Å². The first kappa shape index (κ1) is 17.7. The molecule has 0 bridgehead atoms. The second-order valence-corrected chi connectivity index (χ2v) is 9.46. The van der Waals surface area contributed by atoms with Crippen LogP contribution in [0.2, 0.25) is 0 Å². The minimum absolute atomic E-state index is 0.112. The van der Waals surface area contributed by atoms with Crippen molar-refractivity contribution in [3.8, 4) is 0 Å². The Labute approximate surface area is 163 Å². The summed E-state index contributed by atoms with van der Waals surface area (Å²) in [6.45, 7) is 4.13. The summed E-state index contributed by atoms with van der Waals surface area (Å²) in [5, 5.41) is 0.895. The highest BCUT2D eigenvalue weighted by Gasteiger charge is 2.46. The molecule has 2 aliphatic carbocycles. The maximum absolute atomic E-state index is 13.5. The maximum Gasteiger partial charge on any atom is 0.277 e. The number of hydrogen-bond donors (Lipinski definition) is 0. The fourth-order valence-electron chi connectivity index (χ4n) is 5.62. The molecule has 5 heteroatoms. The van der Waals surface area contributed by atoms with Crippen molar-refractivity contribution in [3.63, 3.8) is 0 Å². The standard InChI is InChI=1S/C23H26N2O3/c1-23(2)12-17-19(18(26)13-23)20(14-8-4-3-5-9-14)25-22(28)16-11-7-6-10-15(16)21(27)24(17)25/h6-7,10-11,14,20H,3-5,8-9,12-13H2,1-2H3. The minimum Gasteiger partial charge on any atom is -0.294 e. The van der Waals surface area contributed by atoms with Gasteiger partial charge in [0.15, 0.2) is 5.78 Å². The van der Waals surface area contributed by atoms with Crippen LogP contribution in [-0.2, 0) is 4.79 Å². The lowest BCUT2D eigenvalue weighted by Gasteiger charge is -2.33. The van der Waals surface area contributed by atoms with E-state index in [1.165, 1.54) is 6.42 Å². The third kappa shape index (κ3) is 2.41. The zero-order valence-corrected chi connectivity index (χ0v) is 16.5. The Morgan fingerprint density at radius 3 is 2.21 bits per heavy atom. The van der Waals surface area contributed by atoms with Gasteiger partial charge in [-0.05, 0) is 42.7 Å². The lowest BCUT2D eigenvalue weighted by Crippen LogP contribution is -2.39. The van der Waals surface area contributed by atoms with Gasteiger partial charge in [-0.1, -0.05) is 45.2 Å². The second kappa shape index (κ2) is 6.03. The van der Waals surface area contributed by atoms with E-state index in [1.54, 1.807) is 33.6 Å². The highest BCUT2D eigenvalue weighted by atomic mass is 16.2. The molecule has 1 saturated carbocycles. The molecule has 5 nitrogen and oxygen atoms in total. The monoisotopic (exact) mass is 378 g/mol. The molecule has 1 aromatic carbocycles. The molecule has 0 amide bonds. The summed E-state index contributed by atoms with van der Waals surface area (Å²) < 4.78 is 3.21. The molecule has 0 saturated heterocycles. The van der Waals surface area contributed by atoms with Crippen molar-refractivity contribution in [2.24, 2.45) is 11.3 Å². The summed E-state index contributed by atoms with van der Waals surface area (Å²) in [6.07, 6.45) is 6.58. The van der Waals surface area contributed by atoms with Crippen molar-refractivity contribution in [2.75, 3.05) is 0 Å². The van der Waals surface area contributed by atoms with Gasteiger partial charge in [0.05, 0.1) is 22.5 Å². The lowest BCUT2D eigenvalue weighted by molar-refractivity contribution is -0.118. The quantitative estimate of drug-likeness (QED) is 0.756. The number of rotatable bonds is 1. The smallest absolute Gasteiger partial charge is 0.277 e. The molecule has 3 aliphatic rings. The molecule has 28 heavy (non-hydrogen) atoms. The Morgan fingerprint density at radius 2 is 1.54 bits per heavy atom. The number of aromatic nitrogens is 2. The van der Waals surface area contributed by atoms with E-state index >= 15 is 0 Å². The molecule has 2 heterocycles. The fourth-order valence-corrected chi connectivity index (χ4v) is 5.62. The highest BCUT2D eigenvalue weighted by Crippen LogP contribution is 2.49. The topological polar surface area (TPSA) is 61.1 Å². The van der Waals surface area contributed by atoms with Crippen LogP contribution < -0.4 is 11.1 Å². The number of benzene rings is 1. The molecule has 1 unspecified atom stereocenters. The number of ketones is 1. The van der Waals surface area contributed by atoms with E-state index in [2.05, 4.69) is 13.8 Å². The zero-order valence-electron chi connectivity index (χ0n) is 16.5. The Kier molecular flexibility index (Phi) is 3.80. The molecule has 0 radical (unpaired) electrons. The predicted molar refractivity (Wildman–Crippen MR) is 109 cm³/mol. The highest BCUT2D eigenvalue weighted by molar-refractivity contribution is 6.04. The largest absolute Gasteiger partial charge is 0.294 e. The van der Waals surface area contributed by atoms with Crippen LogP contribution in [0.1, 0.15) is 64.8 Å².